The molecule has 0 aromatic heterocycles. The van der Waals surface area contributed by atoms with E-state index in [1.807, 2.05) is 38.1 Å². The van der Waals surface area contributed by atoms with Crippen LogP contribution in [0.2, 0.25) is 0 Å². The van der Waals surface area contributed by atoms with Crippen LogP contribution in [0.15, 0.2) is 24.3 Å². The van der Waals surface area contributed by atoms with E-state index in [-0.39, 0.29) is 12.5 Å². The first-order valence-corrected chi connectivity index (χ1v) is 7.26. The van der Waals surface area contributed by atoms with E-state index >= 15 is 0 Å². The zero-order chi connectivity index (χ0) is 15.4. The van der Waals surface area contributed by atoms with Crippen LogP contribution < -0.4 is 4.74 Å². The van der Waals surface area contributed by atoms with Gasteiger partial charge in [0, 0.05) is 13.1 Å². The number of carboxylic acid groups (broad SMARTS) is 1. The van der Waals surface area contributed by atoms with E-state index in [1.54, 1.807) is 4.90 Å². The molecule has 1 aliphatic rings. The predicted molar refractivity (Wildman–Crippen MR) is 78.2 cm³/mol. The second-order valence-corrected chi connectivity index (χ2v) is 5.39. The number of carbonyl (C=O) groups is 2. The minimum Gasteiger partial charge on any atom is -0.481 e. The molecule has 1 amide bonds. The maximum absolute atomic E-state index is 12.5. The van der Waals surface area contributed by atoms with Gasteiger partial charge >= 0.3 is 5.97 Å². The van der Waals surface area contributed by atoms with Crippen LogP contribution in [0.5, 0.6) is 5.75 Å². The number of likely N-dealkylation sites (tertiary alicyclic amines) is 1. The number of benzene rings is 1. The molecule has 1 saturated heterocycles. The van der Waals surface area contributed by atoms with Gasteiger partial charge in [0.2, 0.25) is 0 Å². The van der Waals surface area contributed by atoms with Gasteiger partial charge in [0.05, 0.1) is 5.92 Å². The van der Waals surface area contributed by atoms with E-state index in [1.165, 1.54) is 0 Å². The van der Waals surface area contributed by atoms with Gasteiger partial charge in [-0.15, -0.1) is 0 Å². The molecule has 1 fully saturated rings. The quantitative estimate of drug-likeness (QED) is 0.902. The van der Waals surface area contributed by atoms with Crippen molar-refractivity contribution in [2.45, 2.75) is 32.8 Å². The molecular weight excluding hydrogens is 270 g/mol. The van der Waals surface area contributed by atoms with E-state index < -0.39 is 18.0 Å². The lowest BCUT2D eigenvalue weighted by molar-refractivity contribution is -0.142. The predicted octanol–water partition coefficient (Wildman–Crippen LogP) is 2.09. The molecule has 0 bridgehead atoms. The van der Waals surface area contributed by atoms with Crippen molar-refractivity contribution >= 4 is 11.9 Å². The van der Waals surface area contributed by atoms with Crippen LogP contribution in [0.4, 0.5) is 0 Å². The topological polar surface area (TPSA) is 66.8 Å². The van der Waals surface area contributed by atoms with Gasteiger partial charge in [-0.25, -0.2) is 0 Å². The summed E-state index contributed by atoms with van der Waals surface area (Å²) in [5.74, 6) is -0.709. The van der Waals surface area contributed by atoms with Crippen LogP contribution in [0.3, 0.4) is 0 Å². The second kappa shape index (κ2) is 6.61. The fraction of sp³-hybridized carbons (Fsp3) is 0.500. The Morgan fingerprint density at radius 1 is 1.43 bits per heavy atom. The summed E-state index contributed by atoms with van der Waals surface area (Å²) >= 11 is 0. The number of nitrogens with zero attached hydrogens (tertiary/aromatic N) is 1. The molecule has 21 heavy (non-hydrogen) atoms. The summed E-state index contributed by atoms with van der Waals surface area (Å²) in [5, 5.41) is 9.01. The summed E-state index contributed by atoms with van der Waals surface area (Å²) < 4.78 is 5.83. The molecule has 5 nitrogen and oxygen atoms in total. The van der Waals surface area contributed by atoms with Crippen molar-refractivity contribution < 1.29 is 19.4 Å². The summed E-state index contributed by atoms with van der Waals surface area (Å²) in [6, 6.07) is 7.57. The Morgan fingerprint density at radius 3 is 2.71 bits per heavy atom. The fourth-order valence-electron chi connectivity index (χ4n) is 2.52. The van der Waals surface area contributed by atoms with E-state index in [2.05, 4.69) is 0 Å². The van der Waals surface area contributed by atoms with E-state index in [0.29, 0.717) is 25.1 Å². The van der Waals surface area contributed by atoms with Gasteiger partial charge in [0.1, 0.15) is 5.75 Å². The Morgan fingerprint density at radius 2 is 2.14 bits per heavy atom. The first-order valence-electron chi connectivity index (χ1n) is 7.26. The highest BCUT2D eigenvalue weighted by atomic mass is 16.5. The van der Waals surface area contributed by atoms with Gasteiger partial charge in [0.15, 0.2) is 6.10 Å². The lowest BCUT2D eigenvalue weighted by Crippen LogP contribution is -2.41. The molecule has 1 aromatic rings. The largest absolute Gasteiger partial charge is 0.481 e. The molecule has 0 aliphatic carbocycles. The first kappa shape index (κ1) is 15.4. The van der Waals surface area contributed by atoms with Crippen molar-refractivity contribution in [2.24, 2.45) is 5.92 Å². The number of para-hydroxylation sites is 1. The standard InChI is InChI=1S/C16H21NO4/c1-3-13(21-14-7-5-4-6-11(14)2)15(18)17-9-8-12(10-17)16(19)20/h4-7,12-13H,3,8-10H2,1-2H3,(H,19,20). The average molecular weight is 291 g/mol. The van der Waals surface area contributed by atoms with Gasteiger partial charge in [-0.2, -0.15) is 0 Å². The minimum atomic E-state index is -0.835. The molecule has 0 saturated carbocycles. The van der Waals surface area contributed by atoms with Crippen LogP contribution in [0, 0.1) is 12.8 Å². The maximum Gasteiger partial charge on any atom is 0.308 e. The molecule has 2 rings (SSSR count). The Bertz CT molecular complexity index is 529. The van der Waals surface area contributed by atoms with Crippen molar-refractivity contribution in [3.05, 3.63) is 29.8 Å². The maximum atomic E-state index is 12.5. The molecule has 114 valence electrons. The van der Waals surface area contributed by atoms with E-state index in [0.717, 1.165) is 5.56 Å². The number of aliphatic carboxylic acids is 1. The van der Waals surface area contributed by atoms with Crippen LogP contribution in [-0.4, -0.2) is 41.1 Å². The van der Waals surface area contributed by atoms with Gasteiger partial charge < -0.3 is 14.7 Å². The monoisotopic (exact) mass is 291 g/mol. The average Bonchev–Trinajstić information content (AvgIpc) is 2.96. The smallest absolute Gasteiger partial charge is 0.308 e. The van der Waals surface area contributed by atoms with Crippen molar-refractivity contribution in [1.29, 1.82) is 0 Å². The highest BCUT2D eigenvalue weighted by Crippen LogP contribution is 2.22. The van der Waals surface area contributed by atoms with Crippen molar-refractivity contribution in [3.63, 3.8) is 0 Å². The number of hydrogen-bond acceptors (Lipinski definition) is 3. The third-order valence-corrected chi connectivity index (χ3v) is 3.86. The molecule has 0 spiro atoms. The van der Waals surface area contributed by atoms with Gasteiger partial charge in [-0.3, -0.25) is 9.59 Å². The zero-order valence-corrected chi connectivity index (χ0v) is 12.4. The van der Waals surface area contributed by atoms with Crippen LogP contribution in [0.1, 0.15) is 25.3 Å². The van der Waals surface area contributed by atoms with Crippen molar-refractivity contribution in [1.82, 2.24) is 4.90 Å². The number of rotatable bonds is 5. The normalized spacial score (nSPS) is 19.3. The number of amides is 1. The zero-order valence-electron chi connectivity index (χ0n) is 12.4. The number of hydrogen-bond donors (Lipinski definition) is 1. The Kier molecular flexibility index (Phi) is 4.83. The highest BCUT2D eigenvalue weighted by Gasteiger charge is 2.34. The molecular formula is C16H21NO4. The summed E-state index contributed by atoms with van der Waals surface area (Å²) in [6.45, 7) is 4.60. The Hall–Kier alpha value is -2.04. The van der Waals surface area contributed by atoms with Gasteiger partial charge in [-0.1, -0.05) is 25.1 Å². The van der Waals surface area contributed by atoms with Crippen LogP contribution in [-0.2, 0) is 9.59 Å². The lowest BCUT2D eigenvalue weighted by Gasteiger charge is -2.24. The summed E-state index contributed by atoms with van der Waals surface area (Å²) in [5.41, 5.74) is 0.980. The molecule has 1 heterocycles. The molecule has 1 aliphatic heterocycles. The molecule has 1 aromatic carbocycles. The Balaban J connectivity index is 2.03. The van der Waals surface area contributed by atoms with Crippen molar-refractivity contribution in [3.8, 4) is 5.75 Å². The number of aryl methyl sites for hydroxylation is 1. The fourth-order valence-corrected chi connectivity index (χ4v) is 2.52. The molecule has 2 unspecified atom stereocenters. The molecule has 0 radical (unpaired) electrons. The van der Waals surface area contributed by atoms with E-state index in [9.17, 15) is 9.59 Å². The summed E-state index contributed by atoms with van der Waals surface area (Å²) in [4.78, 5) is 25.0. The summed E-state index contributed by atoms with van der Waals surface area (Å²) in [7, 11) is 0. The second-order valence-electron chi connectivity index (χ2n) is 5.39. The van der Waals surface area contributed by atoms with E-state index in [4.69, 9.17) is 9.84 Å². The first-order chi connectivity index (χ1) is 10.0. The van der Waals surface area contributed by atoms with Gasteiger partial charge in [0.25, 0.3) is 5.91 Å². The molecule has 1 N–H and O–H groups in total. The molecule has 5 heteroatoms. The Labute approximate surface area is 124 Å². The lowest BCUT2D eigenvalue weighted by atomic mass is 10.1. The number of carboxylic acids is 1. The van der Waals surface area contributed by atoms with Crippen LogP contribution in [0.25, 0.3) is 0 Å². The summed E-state index contributed by atoms with van der Waals surface area (Å²) in [6.07, 6.45) is 0.516. The van der Waals surface area contributed by atoms with Crippen molar-refractivity contribution in [2.75, 3.05) is 13.1 Å². The number of ether oxygens (including phenoxy) is 1. The third kappa shape index (κ3) is 3.54. The minimum absolute atomic E-state index is 0.121. The van der Waals surface area contributed by atoms with Crippen LogP contribution >= 0.6 is 0 Å². The third-order valence-electron chi connectivity index (χ3n) is 3.86. The molecule has 2 atom stereocenters. The van der Waals surface area contributed by atoms with Gasteiger partial charge in [-0.05, 0) is 31.4 Å². The SMILES string of the molecule is CCC(Oc1ccccc1C)C(=O)N1CCC(C(=O)O)C1. The highest BCUT2D eigenvalue weighted by molar-refractivity contribution is 5.82. The number of carbonyl (C=O) groups excluding carboxylic acids is 1.